The first kappa shape index (κ1) is 23.3. The number of nitrogens with zero attached hydrogens (tertiary/aromatic N) is 3. The summed E-state index contributed by atoms with van der Waals surface area (Å²) in [6.45, 7) is 7.71. The number of ether oxygens (including phenoxy) is 1. The van der Waals surface area contributed by atoms with Gasteiger partial charge < -0.3 is 15.0 Å². The Bertz CT molecular complexity index is 956. The lowest BCUT2D eigenvalue weighted by atomic mass is 9.97. The summed E-state index contributed by atoms with van der Waals surface area (Å²) in [6, 6.07) is 7.31. The topological polar surface area (TPSA) is 76.5 Å². The molecule has 1 aromatic carbocycles. The smallest absolute Gasteiger partial charge is 0.348 e. The number of thioether (sulfide) groups is 1. The summed E-state index contributed by atoms with van der Waals surface area (Å²) < 4.78 is 7.14. The van der Waals surface area contributed by atoms with E-state index in [1.807, 2.05) is 16.7 Å². The number of fused-ring (bicyclic) bond motifs is 1. The van der Waals surface area contributed by atoms with Crippen molar-refractivity contribution in [3.05, 3.63) is 46.0 Å². The third-order valence-corrected chi connectivity index (χ3v) is 6.72. The minimum absolute atomic E-state index is 0.147. The number of para-hydroxylation sites is 2. The van der Waals surface area contributed by atoms with E-state index in [4.69, 9.17) is 4.74 Å². The first-order chi connectivity index (χ1) is 15.1. The maximum absolute atomic E-state index is 12.8. The van der Waals surface area contributed by atoms with Gasteiger partial charge in [-0.2, -0.15) is 4.98 Å². The van der Waals surface area contributed by atoms with Gasteiger partial charge in [-0.05, 0) is 50.9 Å². The molecule has 0 radical (unpaired) electrons. The molecule has 0 saturated heterocycles. The Morgan fingerprint density at radius 1 is 1.23 bits per heavy atom. The van der Waals surface area contributed by atoms with Gasteiger partial charge in [0.2, 0.25) is 5.91 Å². The van der Waals surface area contributed by atoms with Crippen LogP contribution in [0.2, 0.25) is 0 Å². The third kappa shape index (κ3) is 5.89. The number of carbonyl (C=O) groups is 1. The van der Waals surface area contributed by atoms with Gasteiger partial charge in [-0.25, -0.2) is 4.79 Å². The van der Waals surface area contributed by atoms with Crippen molar-refractivity contribution in [2.75, 3.05) is 37.8 Å². The largest absolute Gasteiger partial charge is 0.495 e. The summed E-state index contributed by atoms with van der Waals surface area (Å²) in [5, 5.41) is 3.58. The monoisotopic (exact) mass is 444 g/mol. The van der Waals surface area contributed by atoms with Crippen LogP contribution >= 0.6 is 11.8 Å². The van der Waals surface area contributed by atoms with E-state index in [2.05, 4.69) is 29.0 Å². The van der Waals surface area contributed by atoms with Gasteiger partial charge in [0.1, 0.15) is 10.8 Å². The van der Waals surface area contributed by atoms with Crippen LogP contribution in [0.4, 0.5) is 5.69 Å². The average Bonchev–Trinajstić information content (AvgIpc) is 2.80. The summed E-state index contributed by atoms with van der Waals surface area (Å²) >= 11 is 1.34. The molecule has 0 fully saturated rings. The van der Waals surface area contributed by atoms with Crippen molar-refractivity contribution >= 4 is 23.4 Å². The molecule has 1 aliphatic rings. The highest BCUT2D eigenvalue weighted by Crippen LogP contribution is 2.29. The normalized spacial score (nSPS) is 13.2. The first-order valence-electron chi connectivity index (χ1n) is 11.0. The number of hydrogen-bond acceptors (Lipinski definition) is 6. The maximum atomic E-state index is 12.8. The quantitative estimate of drug-likeness (QED) is 0.448. The Morgan fingerprint density at radius 2 is 1.97 bits per heavy atom. The van der Waals surface area contributed by atoms with Crippen LogP contribution in [0, 0.1) is 0 Å². The van der Waals surface area contributed by atoms with E-state index < -0.39 is 0 Å². The van der Waals surface area contributed by atoms with E-state index in [0.717, 1.165) is 56.6 Å². The molecule has 1 amide bonds. The van der Waals surface area contributed by atoms with Gasteiger partial charge in [-0.15, -0.1) is 0 Å². The van der Waals surface area contributed by atoms with Crippen LogP contribution in [0.3, 0.4) is 0 Å². The van der Waals surface area contributed by atoms with Gasteiger partial charge in [-0.3, -0.25) is 9.36 Å². The molecular weight excluding hydrogens is 412 g/mol. The number of benzene rings is 1. The Kier molecular flexibility index (Phi) is 8.54. The lowest BCUT2D eigenvalue weighted by Gasteiger charge is -2.24. The highest BCUT2D eigenvalue weighted by molar-refractivity contribution is 8.00. The summed E-state index contributed by atoms with van der Waals surface area (Å²) in [5.41, 5.74) is 2.67. The van der Waals surface area contributed by atoms with E-state index in [-0.39, 0.29) is 17.3 Å². The molecule has 0 unspecified atom stereocenters. The molecular formula is C23H32N4O3S. The van der Waals surface area contributed by atoms with E-state index in [9.17, 15) is 9.59 Å². The molecule has 0 spiro atoms. The van der Waals surface area contributed by atoms with Crippen LogP contribution in [-0.4, -0.2) is 52.9 Å². The predicted molar refractivity (Wildman–Crippen MR) is 125 cm³/mol. The molecule has 0 bridgehead atoms. The fourth-order valence-corrected chi connectivity index (χ4v) is 4.82. The zero-order valence-corrected chi connectivity index (χ0v) is 19.5. The Balaban J connectivity index is 1.73. The van der Waals surface area contributed by atoms with Gasteiger partial charge in [0.05, 0.1) is 18.6 Å². The molecule has 3 rings (SSSR count). The zero-order chi connectivity index (χ0) is 22.2. The van der Waals surface area contributed by atoms with Crippen molar-refractivity contribution in [2.45, 2.75) is 51.1 Å². The zero-order valence-electron chi connectivity index (χ0n) is 18.6. The molecule has 1 heterocycles. The minimum atomic E-state index is -0.208. The molecule has 168 valence electrons. The van der Waals surface area contributed by atoms with Crippen LogP contribution in [0.5, 0.6) is 5.75 Å². The number of rotatable bonds is 10. The second-order valence-corrected chi connectivity index (χ2v) is 8.51. The molecule has 0 saturated carbocycles. The third-order valence-electron chi connectivity index (χ3n) is 5.71. The summed E-state index contributed by atoms with van der Waals surface area (Å²) in [6.07, 6.45) is 3.97. The Hall–Kier alpha value is -2.32. The summed E-state index contributed by atoms with van der Waals surface area (Å²) in [5.74, 6) is 0.666. The van der Waals surface area contributed by atoms with Crippen LogP contribution in [0.1, 0.15) is 37.9 Å². The SMILES string of the molecule is CCN(CC)CCn1c2c(c(SCC(=O)Nc3ccccc3OC)nc1=O)CCCC2. The van der Waals surface area contributed by atoms with Gasteiger partial charge >= 0.3 is 5.69 Å². The van der Waals surface area contributed by atoms with Crippen molar-refractivity contribution in [3.63, 3.8) is 0 Å². The molecule has 0 aliphatic heterocycles. The second kappa shape index (κ2) is 11.3. The van der Waals surface area contributed by atoms with Crippen molar-refractivity contribution in [1.29, 1.82) is 0 Å². The van der Waals surface area contributed by atoms with E-state index in [1.54, 1.807) is 19.2 Å². The number of likely N-dealkylation sites (N-methyl/N-ethyl adjacent to an activating group) is 1. The maximum Gasteiger partial charge on any atom is 0.348 e. The molecule has 2 aromatic rings. The molecule has 7 nitrogen and oxygen atoms in total. The highest BCUT2D eigenvalue weighted by Gasteiger charge is 2.21. The lowest BCUT2D eigenvalue weighted by molar-refractivity contribution is -0.113. The number of anilines is 1. The number of carbonyl (C=O) groups excluding carboxylic acids is 1. The fourth-order valence-electron chi connectivity index (χ4n) is 3.95. The van der Waals surface area contributed by atoms with Gasteiger partial charge in [0.15, 0.2) is 0 Å². The Labute approximate surface area is 188 Å². The van der Waals surface area contributed by atoms with Crippen molar-refractivity contribution < 1.29 is 9.53 Å². The lowest BCUT2D eigenvalue weighted by Crippen LogP contribution is -2.35. The van der Waals surface area contributed by atoms with Crippen LogP contribution in [0.15, 0.2) is 34.1 Å². The number of nitrogens with one attached hydrogen (secondary N) is 1. The van der Waals surface area contributed by atoms with Gasteiger partial charge in [-0.1, -0.05) is 37.7 Å². The van der Waals surface area contributed by atoms with Crippen molar-refractivity contribution in [2.24, 2.45) is 0 Å². The molecule has 8 heteroatoms. The molecule has 31 heavy (non-hydrogen) atoms. The van der Waals surface area contributed by atoms with Crippen LogP contribution < -0.4 is 15.7 Å². The number of hydrogen-bond donors (Lipinski definition) is 1. The number of methoxy groups -OCH3 is 1. The molecule has 1 aromatic heterocycles. The van der Waals surface area contributed by atoms with E-state index in [1.165, 1.54) is 11.8 Å². The number of amides is 1. The summed E-state index contributed by atoms with van der Waals surface area (Å²) in [7, 11) is 1.57. The minimum Gasteiger partial charge on any atom is -0.495 e. The van der Waals surface area contributed by atoms with E-state index in [0.29, 0.717) is 23.0 Å². The summed E-state index contributed by atoms with van der Waals surface area (Å²) in [4.78, 5) is 32.0. The van der Waals surface area contributed by atoms with Crippen molar-refractivity contribution in [3.8, 4) is 5.75 Å². The first-order valence-corrected chi connectivity index (χ1v) is 12.0. The Morgan fingerprint density at radius 3 is 2.71 bits per heavy atom. The molecule has 0 atom stereocenters. The van der Waals surface area contributed by atoms with Gasteiger partial charge in [0.25, 0.3) is 0 Å². The highest BCUT2D eigenvalue weighted by atomic mass is 32.2. The van der Waals surface area contributed by atoms with E-state index >= 15 is 0 Å². The standard InChI is InChI=1S/C23H32N4O3S/c1-4-26(5-2)14-15-27-19-12-8-6-10-17(19)22(25-23(27)29)31-16-21(28)24-18-11-7-9-13-20(18)30-3/h7,9,11,13H,4-6,8,10,12,14-16H2,1-3H3,(H,24,28). The van der Waals surface area contributed by atoms with Crippen molar-refractivity contribution in [1.82, 2.24) is 14.5 Å². The molecule has 1 N–H and O–H groups in total. The fraction of sp³-hybridized carbons (Fsp3) is 0.522. The molecule has 1 aliphatic carbocycles. The predicted octanol–water partition coefficient (Wildman–Crippen LogP) is 3.20. The van der Waals surface area contributed by atoms with Gasteiger partial charge in [0, 0.05) is 24.3 Å². The number of aromatic nitrogens is 2. The van der Waals surface area contributed by atoms with Crippen LogP contribution in [-0.2, 0) is 24.2 Å². The average molecular weight is 445 g/mol. The second-order valence-electron chi connectivity index (χ2n) is 7.55. The van der Waals surface area contributed by atoms with Crippen LogP contribution in [0.25, 0.3) is 0 Å².